The first-order valence-electron chi connectivity index (χ1n) is 4.11. The van der Waals surface area contributed by atoms with Gasteiger partial charge >= 0.3 is 0 Å². The molecule has 14 heavy (non-hydrogen) atoms. The first-order chi connectivity index (χ1) is 6.74. The van der Waals surface area contributed by atoms with Crippen molar-refractivity contribution in [2.45, 2.75) is 5.75 Å². The topological polar surface area (TPSA) is 59.7 Å². The molecule has 4 nitrogen and oxygen atoms in total. The Morgan fingerprint density at radius 2 is 2.43 bits per heavy atom. The molecule has 1 heterocycles. The minimum absolute atomic E-state index is 0.351. The average Bonchev–Trinajstić information content (AvgIpc) is 2.18. The first kappa shape index (κ1) is 11.1. The van der Waals surface area contributed by atoms with Crippen molar-refractivity contribution in [2.24, 2.45) is 0 Å². The van der Waals surface area contributed by atoms with Crippen molar-refractivity contribution in [3.05, 3.63) is 28.3 Å². The number of hydrogen-bond acceptors (Lipinski definition) is 5. The Morgan fingerprint density at radius 1 is 1.64 bits per heavy atom. The van der Waals surface area contributed by atoms with E-state index < -0.39 is 5.43 Å². The summed E-state index contributed by atoms with van der Waals surface area (Å²) in [4.78, 5) is 11.0. The SMILES string of the molecule is COCCSCc1cc(=O)c(O)co1. The second kappa shape index (κ2) is 5.72. The summed E-state index contributed by atoms with van der Waals surface area (Å²) in [5, 5.41) is 8.92. The molecular formula is C9H12O4S. The van der Waals surface area contributed by atoms with E-state index in [0.29, 0.717) is 18.1 Å². The van der Waals surface area contributed by atoms with Crippen LogP contribution in [0.2, 0.25) is 0 Å². The van der Waals surface area contributed by atoms with Crippen molar-refractivity contribution >= 4 is 11.8 Å². The van der Waals surface area contributed by atoms with E-state index in [1.807, 2.05) is 0 Å². The lowest BCUT2D eigenvalue weighted by Gasteiger charge is -2.00. The minimum Gasteiger partial charge on any atom is -0.502 e. The van der Waals surface area contributed by atoms with Gasteiger partial charge in [0.05, 0.1) is 12.4 Å². The summed E-state index contributed by atoms with van der Waals surface area (Å²) in [5.41, 5.74) is -0.404. The number of ether oxygens (including phenoxy) is 1. The van der Waals surface area contributed by atoms with E-state index in [1.165, 1.54) is 6.07 Å². The van der Waals surface area contributed by atoms with Crippen molar-refractivity contribution in [3.63, 3.8) is 0 Å². The fraction of sp³-hybridized carbons (Fsp3) is 0.444. The van der Waals surface area contributed by atoms with Crippen molar-refractivity contribution in [2.75, 3.05) is 19.5 Å². The summed E-state index contributed by atoms with van der Waals surface area (Å²) < 4.78 is 9.88. The van der Waals surface area contributed by atoms with Crippen LogP contribution in [-0.2, 0) is 10.5 Å². The van der Waals surface area contributed by atoms with Gasteiger partial charge in [-0.1, -0.05) is 0 Å². The zero-order chi connectivity index (χ0) is 10.4. The van der Waals surface area contributed by atoms with Crippen LogP contribution in [0.25, 0.3) is 0 Å². The monoisotopic (exact) mass is 216 g/mol. The maximum absolute atomic E-state index is 11.0. The number of methoxy groups -OCH3 is 1. The second-order valence-electron chi connectivity index (χ2n) is 2.64. The molecule has 1 aromatic heterocycles. The molecule has 0 saturated carbocycles. The van der Waals surface area contributed by atoms with E-state index in [0.717, 1.165) is 12.0 Å². The molecule has 78 valence electrons. The van der Waals surface area contributed by atoms with Crippen LogP contribution in [0.4, 0.5) is 0 Å². The lowest BCUT2D eigenvalue weighted by molar-refractivity contribution is 0.218. The van der Waals surface area contributed by atoms with Crippen LogP contribution in [-0.4, -0.2) is 24.6 Å². The van der Waals surface area contributed by atoms with Crippen molar-refractivity contribution in [3.8, 4) is 5.75 Å². The molecule has 0 radical (unpaired) electrons. The summed E-state index contributed by atoms with van der Waals surface area (Å²) in [6, 6.07) is 1.30. The Kier molecular flexibility index (Phi) is 4.55. The van der Waals surface area contributed by atoms with E-state index in [-0.39, 0.29) is 5.75 Å². The molecule has 0 fully saturated rings. The molecule has 0 spiro atoms. The maximum Gasteiger partial charge on any atom is 0.226 e. The van der Waals surface area contributed by atoms with Gasteiger partial charge in [0, 0.05) is 18.9 Å². The minimum atomic E-state index is -0.404. The highest BCUT2D eigenvalue weighted by Gasteiger charge is 2.01. The van der Waals surface area contributed by atoms with Crippen LogP contribution >= 0.6 is 11.8 Å². The smallest absolute Gasteiger partial charge is 0.226 e. The van der Waals surface area contributed by atoms with Gasteiger partial charge in [-0.2, -0.15) is 11.8 Å². The molecule has 0 aliphatic heterocycles. The lowest BCUT2D eigenvalue weighted by Crippen LogP contribution is -1.99. The molecule has 0 aliphatic carbocycles. The summed E-state index contributed by atoms with van der Waals surface area (Å²) in [6.45, 7) is 0.674. The van der Waals surface area contributed by atoms with Crippen LogP contribution in [0.3, 0.4) is 0 Å². The molecule has 0 atom stereocenters. The summed E-state index contributed by atoms with van der Waals surface area (Å²) in [7, 11) is 1.64. The molecular weight excluding hydrogens is 204 g/mol. The molecule has 0 unspecified atom stereocenters. The van der Waals surface area contributed by atoms with Crippen LogP contribution in [0.1, 0.15) is 5.76 Å². The van der Waals surface area contributed by atoms with E-state index in [4.69, 9.17) is 14.3 Å². The average molecular weight is 216 g/mol. The molecule has 0 aromatic carbocycles. The molecule has 1 N–H and O–H groups in total. The fourth-order valence-corrected chi connectivity index (χ4v) is 1.62. The van der Waals surface area contributed by atoms with E-state index in [2.05, 4.69) is 0 Å². The third kappa shape index (κ3) is 3.43. The molecule has 0 aliphatic rings. The second-order valence-corrected chi connectivity index (χ2v) is 3.75. The molecule has 1 rings (SSSR count). The third-order valence-electron chi connectivity index (χ3n) is 1.54. The Hall–Kier alpha value is -0.940. The van der Waals surface area contributed by atoms with E-state index in [1.54, 1.807) is 18.9 Å². The number of thioether (sulfide) groups is 1. The van der Waals surface area contributed by atoms with Gasteiger partial charge in [-0.15, -0.1) is 0 Å². The van der Waals surface area contributed by atoms with Gasteiger partial charge in [0.15, 0.2) is 5.75 Å². The van der Waals surface area contributed by atoms with Gasteiger partial charge in [-0.05, 0) is 0 Å². The molecule has 0 bridgehead atoms. The van der Waals surface area contributed by atoms with Gasteiger partial charge in [0.25, 0.3) is 0 Å². The first-order valence-corrected chi connectivity index (χ1v) is 5.27. The zero-order valence-electron chi connectivity index (χ0n) is 7.86. The highest BCUT2D eigenvalue weighted by atomic mass is 32.2. The summed E-state index contributed by atoms with van der Waals surface area (Å²) in [5.74, 6) is 1.67. The van der Waals surface area contributed by atoms with Crippen LogP contribution < -0.4 is 5.43 Å². The molecule has 1 aromatic rings. The Balaban J connectivity index is 2.44. The van der Waals surface area contributed by atoms with Crippen LogP contribution in [0, 0.1) is 0 Å². The lowest BCUT2D eigenvalue weighted by atomic mass is 10.4. The van der Waals surface area contributed by atoms with E-state index in [9.17, 15) is 4.79 Å². The van der Waals surface area contributed by atoms with Crippen molar-refractivity contribution in [1.29, 1.82) is 0 Å². The van der Waals surface area contributed by atoms with E-state index >= 15 is 0 Å². The number of rotatable bonds is 5. The van der Waals surface area contributed by atoms with Crippen LogP contribution in [0.15, 0.2) is 21.5 Å². The molecule has 5 heteroatoms. The predicted octanol–water partition coefficient (Wildman–Crippen LogP) is 1.22. The summed E-state index contributed by atoms with van der Waals surface area (Å²) >= 11 is 1.61. The quantitative estimate of drug-likeness (QED) is 0.750. The Morgan fingerprint density at radius 3 is 3.07 bits per heavy atom. The standard InChI is InChI=1S/C9H12O4S/c1-12-2-3-14-6-7-4-8(10)9(11)5-13-7/h4-5,11H,2-3,6H2,1H3. The van der Waals surface area contributed by atoms with Gasteiger partial charge in [-0.3, -0.25) is 4.79 Å². The Labute approximate surface area is 85.9 Å². The predicted molar refractivity (Wildman–Crippen MR) is 54.7 cm³/mol. The van der Waals surface area contributed by atoms with Gasteiger partial charge in [-0.25, -0.2) is 0 Å². The largest absolute Gasteiger partial charge is 0.502 e. The van der Waals surface area contributed by atoms with Crippen molar-refractivity contribution in [1.82, 2.24) is 0 Å². The zero-order valence-corrected chi connectivity index (χ0v) is 8.67. The van der Waals surface area contributed by atoms with Gasteiger partial charge in [0.1, 0.15) is 12.0 Å². The van der Waals surface area contributed by atoms with Gasteiger partial charge < -0.3 is 14.3 Å². The van der Waals surface area contributed by atoms with Gasteiger partial charge in [0.2, 0.25) is 5.43 Å². The fourth-order valence-electron chi connectivity index (χ4n) is 0.834. The molecule has 0 saturated heterocycles. The summed E-state index contributed by atoms with van der Waals surface area (Å²) in [6.07, 6.45) is 1.06. The number of aromatic hydroxyl groups is 1. The number of hydrogen-bond donors (Lipinski definition) is 1. The Bertz CT molecular complexity index is 334. The van der Waals surface area contributed by atoms with Crippen LogP contribution in [0.5, 0.6) is 5.75 Å². The van der Waals surface area contributed by atoms with Crippen molar-refractivity contribution < 1.29 is 14.3 Å². The highest BCUT2D eigenvalue weighted by Crippen LogP contribution is 2.12. The maximum atomic E-state index is 11.0. The normalized spacial score (nSPS) is 10.4. The third-order valence-corrected chi connectivity index (χ3v) is 2.49. The molecule has 0 amide bonds. The highest BCUT2D eigenvalue weighted by molar-refractivity contribution is 7.98.